The summed E-state index contributed by atoms with van der Waals surface area (Å²) in [6.07, 6.45) is 4.28. The van der Waals surface area contributed by atoms with Crippen LogP contribution in [0.2, 0.25) is 0 Å². The standard InChI is InChI=1S/C18H37N3/c1-16(2)13-18-5-7-20(8-6-18)15-21-11-9-19(10-12-21)14-17(3)4/h16-18H,5-15H2,1-4H3. The normalized spacial score (nSPS) is 24.3. The Morgan fingerprint density at radius 1 is 0.714 bits per heavy atom. The van der Waals surface area contributed by atoms with Crippen LogP contribution in [-0.2, 0) is 0 Å². The first-order valence-corrected chi connectivity index (χ1v) is 9.20. The maximum atomic E-state index is 2.69. The van der Waals surface area contributed by atoms with Gasteiger partial charge in [0, 0.05) is 32.7 Å². The third kappa shape index (κ3) is 6.25. The van der Waals surface area contributed by atoms with Gasteiger partial charge in [-0.3, -0.25) is 9.80 Å². The van der Waals surface area contributed by atoms with Crippen LogP contribution in [0.4, 0.5) is 0 Å². The summed E-state index contributed by atoms with van der Waals surface area (Å²) < 4.78 is 0. The number of hydrogen-bond acceptors (Lipinski definition) is 3. The average Bonchev–Trinajstić information content (AvgIpc) is 2.42. The molecule has 0 saturated carbocycles. The molecule has 2 aliphatic heterocycles. The number of nitrogens with zero attached hydrogens (tertiary/aromatic N) is 3. The molecule has 0 spiro atoms. The minimum Gasteiger partial charge on any atom is -0.301 e. The molecule has 2 rings (SSSR count). The van der Waals surface area contributed by atoms with E-state index in [2.05, 4.69) is 42.4 Å². The van der Waals surface area contributed by atoms with Crippen molar-refractivity contribution in [2.75, 3.05) is 52.5 Å². The molecule has 0 aromatic rings. The Kier molecular flexibility index (Phi) is 6.97. The lowest BCUT2D eigenvalue weighted by atomic mass is 9.89. The Bertz CT molecular complexity index is 246. The van der Waals surface area contributed by atoms with Gasteiger partial charge in [0.15, 0.2) is 0 Å². The summed E-state index contributed by atoms with van der Waals surface area (Å²) in [6, 6.07) is 0. The highest BCUT2D eigenvalue weighted by molar-refractivity contribution is 4.76. The molecule has 2 saturated heterocycles. The molecule has 0 aliphatic carbocycles. The summed E-state index contributed by atoms with van der Waals surface area (Å²) in [4.78, 5) is 7.99. The molecular weight excluding hydrogens is 258 g/mol. The molecular formula is C18H37N3. The van der Waals surface area contributed by atoms with E-state index in [-0.39, 0.29) is 0 Å². The summed E-state index contributed by atoms with van der Waals surface area (Å²) in [5.41, 5.74) is 0. The van der Waals surface area contributed by atoms with Crippen molar-refractivity contribution in [2.24, 2.45) is 17.8 Å². The molecule has 2 aliphatic rings. The smallest absolute Gasteiger partial charge is 0.0507 e. The number of rotatable bonds is 6. The van der Waals surface area contributed by atoms with Crippen LogP contribution in [0.5, 0.6) is 0 Å². The first-order valence-electron chi connectivity index (χ1n) is 9.20. The van der Waals surface area contributed by atoms with Crippen LogP contribution in [0.25, 0.3) is 0 Å². The van der Waals surface area contributed by atoms with E-state index >= 15 is 0 Å². The molecule has 3 nitrogen and oxygen atoms in total. The fourth-order valence-electron chi connectivity index (χ4n) is 3.94. The number of piperidine rings is 1. The van der Waals surface area contributed by atoms with Crippen LogP contribution in [0.3, 0.4) is 0 Å². The topological polar surface area (TPSA) is 9.72 Å². The lowest BCUT2D eigenvalue weighted by Gasteiger charge is -2.40. The average molecular weight is 296 g/mol. The van der Waals surface area contributed by atoms with E-state index in [9.17, 15) is 0 Å². The van der Waals surface area contributed by atoms with Gasteiger partial charge in [-0.05, 0) is 50.1 Å². The van der Waals surface area contributed by atoms with E-state index in [1.54, 1.807) is 0 Å². The quantitative estimate of drug-likeness (QED) is 0.746. The van der Waals surface area contributed by atoms with Crippen LogP contribution in [0.15, 0.2) is 0 Å². The van der Waals surface area contributed by atoms with Crippen molar-refractivity contribution in [1.82, 2.24) is 14.7 Å². The van der Waals surface area contributed by atoms with Gasteiger partial charge in [-0.2, -0.15) is 0 Å². The minimum atomic E-state index is 0.802. The molecule has 0 unspecified atom stereocenters. The Hall–Kier alpha value is -0.120. The van der Waals surface area contributed by atoms with Crippen molar-refractivity contribution < 1.29 is 0 Å². The maximum absolute atomic E-state index is 2.69. The Balaban J connectivity index is 1.61. The van der Waals surface area contributed by atoms with Gasteiger partial charge < -0.3 is 4.90 Å². The number of likely N-dealkylation sites (tertiary alicyclic amines) is 1. The van der Waals surface area contributed by atoms with Crippen LogP contribution in [0.1, 0.15) is 47.0 Å². The van der Waals surface area contributed by atoms with Crippen LogP contribution < -0.4 is 0 Å². The summed E-state index contributed by atoms with van der Waals surface area (Å²) in [5, 5.41) is 0. The van der Waals surface area contributed by atoms with Crippen LogP contribution in [0, 0.1) is 17.8 Å². The fourth-order valence-corrected chi connectivity index (χ4v) is 3.94. The molecule has 0 radical (unpaired) electrons. The molecule has 2 fully saturated rings. The van der Waals surface area contributed by atoms with Gasteiger partial charge in [0.1, 0.15) is 0 Å². The van der Waals surface area contributed by atoms with Gasteiger partial charge >= 0.3 is 0 Å². The number of piperazine rings is 1. The Morgan fingerprint density at radius 2 is 1.24 bits per heavy atom. The summed E-state index contributed by atoms with van der Waals surface area (Å²) in [5.74, 6) is 2.66. The van der Waals surface area contributed by atoms with E-state index in [4.69, 9.17) is 0 Å². The van der Waals surface area contributed by atoms with Gasteiger partial charge in [-0.15, -0.1) is 0 Å². The zero-order chi connectivity index (χ0) is 15.2. The molecule has 0 aromatic carbocycles. The second kappa shape index (κ2) is 8.50. The summed E-state index contributed by atoms with van der Waals surface area (Å²) in [7, 11) is 0. The van der Waals surface area contributed by atoms with E-state index in [1.165, 1.54) is 71.7 Å². The van der Waals surface area contributed by atoms with Crippen molar-refractivity contribution in [3.8, 4) is 0 Å². The van der Waals surface area contributed by atoms with Crippen molar-refractivity contribution in [3.05, 3.63) is 0 Å². The highest BCUT2D eigenvalue weighted by Gasteiger charge is 2.23. The highest BCUT2D eigenvalue weighted by atomic mass is 15.3. The van der Waals surface area contributed by atoms with Gasteiger partial charge in [0.05, 0.1) is 6.67 Å². The van der Waals surface area contributed by atoms with Crippen molar-refractivity contribution in [2.45, 2.75) is 47.0 Å². The molecule has 3 heteroatoms. The van der Waals surface area contributed by atoms with Gasteiger partial charge in [-0.25, -0.2) is 0 Å². The van der Waals surface area contributed by atoms with Gasteiger partial charge in [-0.1, -0.05) is 27.7 Å². The summed E-state index contributed by atoms with van der Waals surface area (Å²) in [6.45, 7) is 19.6. The van der Waals surface area contributed by atoms with E-state index < -0.39 is 0 Å². The van der Waals surface area contributed by atoms with E-state index in [1.807, 2.05) is 0 Å². The van der Waals surface area contributed by atoms with Gasteiger partial charge in [0.25, 0.3) is 0 Å². The maximum Gasteiger partial charge on any atom is 0.0507 e. The first-order chi connectivity index (χ1) is 10.0. The second-order valence-electron chi connectivity index (χ2n) is 8.14. The Morgan fingerprint density at radius 3 is 1.76 bits per heavy atom. The molecule has 0 bridgehead atoms. The molecule has 0 aromatic heterocycles. The largest absolute Gasteiger partial charge is 0.301 e. The van der Waals surface area contributed by atoms with Crippen molar-refractivity contribution in [3.63, 3.8) is 0 Å². The van der Waals surface area contributed by atoms with E-state index in [0.717, 1.165) is 17.8 Å². The molecule has 124 valence electrons. The molecule has 0 N–H and O–H groups in total. The lowest BCUT2D eigenvalue weighted by molar-refractivity contribution is 0.0507. The Labute approximate surface area is 132 Å². The predicted molar refractivity (Wildman–Crippen MR) is 91.5 cm³/mol. The molecule has 0 atom stereocenters. The zero-order valence-electron chi connectivity index (χ0n) is 14.9. The fraction of sp³-hybridized carbons (Fsp3) is 1.00. The SMILES string of the molecule is CC(C)CC1CCN(CN2CCN(CC(C)C)CC2)CC1. The minimum absolute atomic E-state index is 0.802. The molecule has 21 heavy (non-hydrogen) atoms. The van der Waals surface area contributed by atoms with Crippen molar-refractivity contribution >= 4 is 0 Å². The van der Waals surface area contributed by atoms with Gasteiger partial charge in [0.2, 0.25) is 0 Å². The first kappa shape index (κ1) is 17.2. The summed E-state index contributed by atoms with van der Waals surface area (Å²) >= 11 is 0. The molecule has 0 amide bonds. The monoisotopic (exact) mass is 295 g/mol. The number of hydrogen-bond donors (Lipinski definition) is 0. The van der Waals surface area contributed by atoms with Crippen LogP contribution >= 0.6 is 0 Å². The van der Waals surface area contributed by atoms with Crippen molar-refractivity contribution in [1.29, 1.82) is 0 Å². The van der Waals surface area contributed by atoms with Crippen LogP contribution in [-0.4, -0.2) is 67.2 Å². The second-order valence-corrected chi connectivity index (χ2v) is 8.14. The zero-order valence-corrected chi connectivity index (χ0v) is 14.9. The predicted octanol–water partition coefficient (Wildman–Crippen LogP) is 2.98. The third-order valence-corrected chi connectivity index (χ3v) is 5.00. The lowest BCUT2D eigenvalue weighted by Crippen LogP contribution is -2.51. The van der Waals surface area contributed by atoms with E-state index in [0.29, 0.717) is 0 Å². The highest BCUT2D eigenvalue weighted by Crippen LogP contribution is 2.24. The molecule has 2 heterocycles. The third-order valence-electron chi connectivity index (χ3n) is 5.00.